The lowest BCUT2D eigenvalue weighted by atomic mass is 9.68. The number of nitrogens with zero attached hydrogens (tertiary/aromatic N) is 1. The smallest absolute Gasteiger partial charge is 0.341 e. The summed E-state index contributed by atoms with van der Waals surface area (Å²) in [6, 6.07) is 33.2. The number of halogens is 1. The summed E-state index contributed by atoms with van der Waals surface area (Å²) in [5.41, 5.74) is 1.21. The van der Waals surface area contributed by atoms with Crippen molar-refractivity contribution in [3.05, 3.63) is 144 Å². The molecule has 312 valence electrons. The largest absolute Gasteiger partial charge is 0.490 e. The van der Waals surface area contributed by atoms with Crippen molar-refractivity contribution in [2.45, 2.75) is 87.9 Å². The standard InChI is InChI=1S/C50H61ClN2O5Si/c1-6-8-15-29-52-33-50(56,47(54)55)38-23-27-46-44(31-38)53(34-49(35-57-46)28-16-17-36-30-39(51)24-26-43(36)49)32-37-22-25-42(37)45(7-2)58-59(48(3,4)5,40-18-11-9-12-19-40)41-20-13-10-14-21-41/h6-7,9-14,18-21,23-24,26-27,30-31,37,42,45,52,56H,1-2,8,15-17,22,25,28-29,32-35H2,3-5H3,(H,54,55)/t37-,42+,45-,49-,50?/m0/s1. The molecule has 7 rings (SSSR count). The molecule has 5 atom stereocenters. The average Bonchev–Trinajstić information content (AvgIpc) is 3.37. The number of hydrogen-bond acceptors (Lipinski definition) is 6. The molecule has 9 heteroatoms. The van der Waals surface area contributed by atoms with Gasteiger partial charge in [0.2, 0.25) is 0 Å². The molecule has 0 radical (unpaired) electrons. The summed E-state index contributed by atoms with van der Waals surface area (Å²) < 4.78 is 14.5. The Morgan fingerprint density at radius 2 is 1.75 bits per heavy atom. The van der Waals surface area contributed by atoms with Crippen molar-refractivity contribution in [1.29, 1.82) is 0 Å². The highest BCUT2D eigenvalue weighted by molar-refractivity contribution is 6.99. The van der Waals surface area contributed by atoms with E-state index in [9.17, 15) is 15.0 Å². The summed E-state index contributed by atoms with van der Waals surface area (Å²) >= 11 is 6.55. The number of allylic oxidation sites excluding steroid dienone is 1. The molecule has 1 saturated carbocycles. The molecule has 3 N–H and O–H groups in total. The minimum absolute atomic E-state index is 0.123. The summed E-state index contributed by atoms with van der Waals surface area (Å²) in [4.78, 5) is 15.3. The average molecular weight is 834 g/mol. The third-order valence-corrected chi connectivity index (χ3v) is 18.6. The highest BCUT2D eigenvalue weighted by Gasteiger charge is 2.53. The van der Waals surface area contributed by atoms with Gasteiger partial charge < -0.3 is 29.6 Å². The first kappa shape index (κ1) is 42.9. The summed E-state index contributed by atoms with van der Waals surface area (Å²) in [6.45, 7) is 17.5. The second kappa shape index (κ2) is 17.8. The van der Waals surface area contributed by atoms with Gasteiger partial charge in [0.25, 0.3) is 8.32 Å². The second-order valence-electron chi connectivity index (χ2n) is 18.0. The van der Waals surface area contributed by atoms with E-state index in [-0.39, 0.29) is 34.9 Å². The van der Waals surface area contributed by atoms with Gasteiger partial charge in [-0.3, -0.25) is 0 Å². The number of carboxylic acids is 1. The monoisotopic (exact) mass is 832 g/mol. The number of aliphatic carboxylic acids is 1. The number of ether oxygens (including phenoxy) is 1. The fraction of sp³-hybridized carbons (Fsp3) is 0.420. The normalized spacial score (nSPS) is 21.8. The summed E-state index contributed by atoms with van der Waals surface area (Å²) in [6.07, 6.45) is 10.3. The van der Waals surface area contributed by atoms with E-state index in [0.29, 0.717) is 31.0 Å². The lowest BCUT2D eigenvalue weighted by molar-refractivity contribution is -0.159. The molecule has 3 aliphatic rings. The fourth-order valence-electron chi connectivity index (χ4n) is 10.1. The van der Waals surface area contributed by atoms with Gasteiger partial charge in [-0.1, -0.05) is 117 Å². The number of unbranched alkanes of at least 4 members (excludes halogenated alkanes) is 1. The molecule has 4 aromatic carbocycles. The Morgan fingerprint density at radius 3 is 2.36 bits per heavy atom. The van der Waals surface area contributed by atoms with E-state index in [4.69, 9.17) is 20.8 Å². The maximum Gasteiger partial charge on any atom is 0.341 e. The molecular formula is C50H61ClN2O5Si. The van der Waals surface area contributed by atoms with E-state index < -0.39 is 19.9 Å². The first-order chi connectivity index (χ1) is 28.3. The lowest BCUT2D eigenvalue weighted by Gasteiger charge is -2.50. The molecule has 0 amide bonds. The van der Waals surface area contributed by atoms with Crippen LogP contribution in [0, 0.1) is 11.8 Å². The van der Waals surface area contributed by atoms with Gasteiger partial charge in [0.15, 0.2) is 5.60 Å². The third-order valence-electron chi connectivity index (χ3n) is 13.3. The first-order valence-electron chi connectivity index (χ1n) is 21.4. The molecule has 1 unspecified atom stereocenters. The molecule has 7 nitrogen and oxygen atoms in total. The number of anilines is 1. The molecule has 2 aliphatic carbocycles. The predicted molar refractivity (Wildman–Crippen MR) is 243 cm³/mol. The van der Waals surface area contributed by atoms with Gasteiger partial charge in [0.05, 0.1) is 18.4 Å². The van der Waals surface area contributed by atoms with Crippen molar-refractivity contribution in [2.24, 2.45) is 11.8 Å². The van der Waals surface area contributed by atoms with Crippen LogP contribution in [0.2, 0.25) is 10.1 Å². The van der Waals surface area contributed by atoms with Gasteiger partial charge in [0, 0.05) is 30.1 Å². The topological polar surface area (TPSA) is 91.3 Å². The Bertz CT molecular complexity index is 2070. The maximum atomic E-state index is 12.9. The van der Waals surface area contributed by atoms with Crippen molar-refractivity contribution in [2.75, 3.05) is 37.7 Å². The number of aliphatic hydroxyl groups is 1. The van der Waals surface area contributed by atoms with Crippen LogP contribution in [-0.2, 0) is 26.7 Å². The second-order valence-corrected chi connectivity index (χ2v) is 22.7. The molecule has 4 aromatic rings. The Kier molecular flexibility index (Phi) is 13.0. The van der Waals surface area contributed by atoms with Crippen LogP contribution in [0.5, 0.6) is 5.75 Å². The van der Waals surface area contributed by atoms with E-state index >= 15 is 0 Å². The molecule has 0 saturated heterocycles. The maximum absolute atomic E-state index is 12.9. The van der Waals surface area contributed by atoms with E-state index in [2.05, 4.69) is 117 Å². The third kappa shape index (κ3) is 8.44. The number of nitrogens with one attached hydrogen (secondary N) is 1. The number of aryl methyl sites for hydroxylation is 1. The molecule has 1 aliphatic heterocycles. The highest BCUT2D eigenvalue weighted by Crippen LogP contribution is 2.48. The van der Waals surface area contributed by atoms with Crippen LogP contribution in [-0.4, -0.2) is 63.4 Å². The van der Waals surface area contributed by atoms with Gasteiger partial charge in [-0.2, -0.15) is 0 Å². The Balaban J connectivity index is 1.26. The van der Waals surface area contributed by atoms with Crippen molar-refractivity contribution < 1.29 is 24.2 Å². The molecule has 1 fully saturated rings. The van der Waals surface area contributed by atoms with Crippen molar-refractivity contribution in [3.8, 4) is 5.75 Å². The van der Waals surface area contributed by atoms with Crippen molar-refractivity contribution >= 4 is 41.9 Å². The van der Waals surface area contributed by atoms with Crippen LogP contribution in [0.25, 0.3) is 0 Å². The zero-order valence-electron chi connectivity index (χ0n) is 35.0. The summed E-state index contributed by atoms with van der Waals surface area (Å²) in [5.74, 6) is -0.120. The number of carboxylic acid groups (broad SMARTS) is 1. The molecule has 1 heterocycles. The van der Waals surface area contributed by atoms with Gasteiger partial charge in [-0.15, -0.1) is 13.2 Å². The minimum Gasteiger partial charge on any atom is -0.490 e. The highest BCUT2D eigenvalue weighted by atomic mass is 35.5. The van der Waals surface area contributed by atoms with Gasteiger partial charge in [0.1, 0.15) is 5.75 Å². The Labute approximate surface area is 357 Å². The van der Waals surface area contributed by atoms with Gasteiger partial charge in [-0.25, -0.2) is 4.79 Å². The molecule has 0 bridgehead atoms. The summed E-state index contributed by atoms with van der Waals surface area (Å²) in [7, 11) is -2.87. The number of benzene rings is 4. The number of fused-ring (bicyclic) bond motifs is 3. The minimum atomic E-state index is -2.87. The van der Waals surface area contributed by atoms with Crippen LogP contribution in [0.4, 0.5) is 5.69 Å². The van der Waals surface area contributed by atoms with Crippen LogP contribution in [0.3, 0.4) is 0 Å². The Morgan fingerprint density at radius 1 is 1.03 bits per heavy atom. The van der Waals surface area contributed by atoms with Crippen LogP contribution < -0.4 is 25.3 Å². The fourth-order valence-corrected chi connectivity index (χ4v) is 14.9. The van der Waals surface area contributed by atoms with Crippen LogP contribution in [0.15, 0.2) is 122 Å². The van der Waals surface area contributed by atoms with Crippen molar-refractivity contribution in [1.82, 2.24) is 5.32 Å². The van der Waals surface area contributed by atoms with E-state index in [0.717, 1.165) is 62.2 Å². The quantitative estimate of drug-likeness (QED) is 0.0591. The SMILES string of the molecule is C=CCCCNCC(O)(C(=O)O)c1ccc2c(c1)N(C[C@@H]1CC[C@H]1[C@H](C=C)O[Si](c1ccccc1)(c1ccccc1)C(C)(C)C)C[C@@]1(CCCc3cc(Cl)ccc31)CO2. The molecule has 1 spiro atoms. The molecule has 59 heavy (non-hydrogen) atoms. The van der Waals surface area contributed by atoms with Gasteiger partial charge in [-0.05, 0) is 120 Å². The predicted octanol–water partition coefficient (Wildman–Crippen LogP) is 8.80. The number of rotatable bonds is 16. The lowest BCUT2D eigenvalue weighted by Crippen LogP contribution is -2.68. The molecule has 0 aromatic heterocycles. The number of hydrogen-bond donors (Lipinski definition) is 3. The van der Waals surface area contributed by atoms with E-state index in [1.165, 1.54) is 21.5 Å². The van der Waals surface area contributed by atoms with E-state index in [1.54, 1.807) is 6.07 Å². The molecular weight excluding hydrogens is 772 g/mol. The van der Waals surface area contributed by atoms with Crippen molar-refractivity contribution in [3.63, 3.8) is 0 Å². The zero-order chi connectivity index (χ0) is 41.8. The first-order valence-corrected chi connectivity index (χ1v) is 23.6. The van der Waals surface area contributed by atoms with Gasteiger partial charge >= 0.3 is 5.97 Å². The van der Waals surface area contributed by atoms with Crippen LogP contribution >= 0.6 is 11.6 Å². The van der Waals surface area contributed by atoms with Crippen LogP contribution in [0.1, 0.15) is 76.0 Å². The number of carbonyl (C=O) groups is 1. The Hall–Kier alpha value is -4.18. The summed E-state index contributed by atoms with van der Waals surface area (Å²) in [5, 5.41) is 28.6. The van der Waals surface area contributed by atoms with E-state index in [1.807, 2.05) is 30.4 Å². The zero-order valence-corrected chi connectivity index (χ0v) is 36.7.